The Morgan fingerprint density at radius 2 is 1.67 bits per heavy atom. The first-order valence-corrected chi connectivity index (χ1v) is 8.99. The van der Waals surface area contributed by atoms with E-state index in [-0.39, 0.29) is 17.3 Å². The Bertz CT molecular complexity index is 1130. The van der Waals surface area contributed by atoms with E-state index in [2.05, 4.69) is 9.97 Å². The summed E-state index contributed by atoms with van der Waals surface area (Å²) in [6.07, 6.45) is 2.87. The lowest BCUT2D eigenvalue weighted by atomic mass is 9.95. The molecule has 0 bridgehead atoms. The van der Waals surface area contributed by atoms with Crippen molar-refractivity contribution in [1.29, 1.82) is 0 Å². The molecule has 1 fully saturated rings. The van der Waals surface area contributed by atoms with Gasteiger partial charge in [-0.1, -0.05) is 12.1 Å². The Kier molecular flexibility index (Phi) is 4.97. The van der Waals surface area contributed by atoms with Gasteiger partial charge in [0.2, 0.25) is 5.95 Å². The van der Waals surface area contributed by atoms with Crippen LogP contribution in [-0.4, -0.2) is 33.9 Å². The van der Waals surface area contributed by atoms with Crippen LogP contribution in [0.15, 0.2) is 72.6 Å². The van der Waals surface area contributed by atoms with Crippen LogP contribution < -0.4 is 9.64 Å². The molecule has 1 aliphatic rings. The van der Waals surface area contributed by atoms with E-state index in [0.29, 0.717) is 16.9 Å². The van der Waals surface area contributed by atoms with Gasteiger partial charge >= 0.3 is 5.91 Å². The van der Waals surface area contributed by atoms with Gasteiger partial charge in [0.15, 0.2) is 0 Å². The van der Waals surface area contributed by atoms with Crippen molar-refractivity contribution in [3.63, 3.8) is 0 Å². The lowest BCUT2D eigenvalue weighted by Crippen LogP contribution is -2.31. The van der Waals surface area contributed by atoms with Crippen molar-refractivity contribution < 1.29 is 23.8 Å². The molecule has 1 aromatic heterocycles. The number of methoxy groups -OCH3 is 1. The second kappa shape index (κ2) is 7.75. The van der Waals surface area contributed by atoms with Gasteiger partial charge in [-0.15, -0.1) is 0 Å². The molecule has 0 unspecified atom stereocenters. The second-order valence-corrected chi connectivity index (χ2v) is 6.50. The maximum absolute atomic E-state index is 13.5. The number of hydrogen-bond acceptors (Lipinski definition) is 6. The molecule has 8 heteroatoms. The molecule has 3 aromatic rings. The first-order chi connectivity index (χ1) is 14.5. The van der Waals surface area contributed by atoms with Gasteiger partial charge < -0.3 is 9.84 Å². The predicted molar refractivity (Wildman–Crippen MR) is 106 cm³/mol. The lowest BCUT2D eigenvalue weighted by molar-refractivity contribution is -0.132. The van der Waals surface area contributed by atoms with Gasteiger partial charge in [-0.3, -0.25) is 14.5 Å². The maximum atomic E-state index is 13.5. The minimum atomic E-state index is -1.02. The molecule has 150 valence electrons. The van der Waals surface area contributed by atoms with Gasteiger partial charge in [-0.25, -0.2) is 14.4 Å². The van der Waals surface area contributed by atoms with E-state index in [9.17, 15) is 19.1 Å². The van der Waals surface area contributed by atoms with Crippen LogP contribution in [0, 0.1) is 5.82 Å². The standard InChI is InChI=1S/C22H16FN3O4/c1-30-16-9-5-14(6-10-16)19(27)17-18(13-3-7-15(23)8-4-13)26(21(29)20(17)28)22-24-11-2-12-25-22/h2-12,18,27H,1H3/t18-/m0/s1. The highest BCUT2D eigenvalue weighted by molar-refractivity contribution is 6.51. The number of hydrogen-bond donors (Lipinski definition) is 1. The van der Waals surface area contributed by atoms with Crippen molar-refractivity contribution in [2.45, 2.75) is 6.04 Å². The van der Waals surface area contributed by atoms with Crippen LogP contribution in [0.25, 0.3) is 5.76 Å². The van der Waals surface area contributed by atoms with Gasteiger partial charge in [0.25, 0.3) is 5.78 Å². The van der Waals surface area contributed by atoms with E-state index >= 15 is 0 Å². The molecule has 2 heterocycles. The number of aliphatic hydroxyl groups is 1. The van der Waals surface area contributed by atoms with Crippen LogP contribution in [0.2, 0.25) is 0 Å². The summed E-state index contributed by atoms with van der Waals surface area (Å²) in [5.41, 5.74) is 0.622. The minimum absolute atomic E-state index is 0.00251. The number of benzene rings is 2. The molecule has 30 heavy (non-hydrogen) atoms. The number of anilines is 1. The Hall–Kier alpha value is -4.07. The minimum Gasteiger partial charge on any atom is -0.507 e. The van der Waals surface area contributed by atoms with Crippen molar-refractivity contribution in [3.05, 3.63) is 89.5 Å². The molecule has 4 rings (SSSR count). The number of aromatic nitrogens is 2. The summed E-state index contributed by atoms with van der Waals surface area (Å²) < 4.78 is 18.6. The van der Waals surface area contributed by atoms with Crippen molar-refractivity contribution in [1.82, 2.24) is 9.97 Å². The molecule has 1 atom stereocenters. The van der Waals surface area contributed by atoms with Gasteiger partial charge in [0.05, 0.1) is 18.7 Å². The summed E-state index contributed by atoms with van der Waals surface area (Å²) in [5.74, 6) is -2.02. The molecule has 7 nitrogen and oxygen atoms in total. The third kappa shape index (κ3) is 3.28. The molecule has 2 aromatic carbocycles. The molecule has 0 radical (unpaired) electrons. The van der Waals surface area contributed by atoms with Crippen LogP contribution in [-0.2, 0) is 9.59 Å². The summed E-state index contributed by atoms with van der Waals surface area (Å²) in [4.78, 5) is 35.0. The molecule has 1 amide bonds. The Balaban J connectivity index is 1.91. The number of nitrogens with zero attached hydrogens (tertiary/aromatic N) is 3. The van der Waals surface area contributed by atoms with Gasteiger partial charge in [0.1, 0.15) is 17.3 Å². The SMILES string of the molecule is COc1ccc(C(O)=C2C(=O)C(=O)N(c3ncccn3)[C@H]2c2ccc(F)cc2)cc1. The normalized spacial score (nSPS) is 17.9. The number of aliphatic hydroxyl groups excluding tert-OH is 1. The van der Waals surface area contributed by atoms with Crippen molar-refractivity contribution >= 4 is 23.4 Å². The summed E-state index contributed by atoms with van der Waals surface area (Å²) in [7, 11) is 1.51. The lowest BCUT2D eigenvalue weighted by Gasteiger charge is -2.23. The molecule has 0 spiro atoms. The molecular formula is C22H16FN3O4. The smallest absolute Gasteiger partial charge is 0.302 e. The summed E-state index contributed by atoms with van der Waals surface area (Å²) in [6.45, 7) is 0. The number of ether oxygens (including phenoxy) is 1. The predicted octanol–water partition coefficient (Wildman–Crippen LogP) is 3.25. The molecule has 0 aliphatic carbocycles. The second-order valence-electron chi connectivity index (χ2n) is 6.50. The monoisotopic (exact) mass is 405 g/mol. The number of rotatable bonds is 4. The number of ketones is 1. The summed E-state index contributed by atoms with van der Waals surface area (Å²) in [6, 6.07) is 12.3. The van der Waals surface area contributed by atoms with Crippen LogP contribution in [0.1, 0.15) is 17.2 Å². The van der Waals surface area contributed by atoms with E-state index in [1.807, 2.05) is 0 Å². The van der Waals surface area contributed by atoms with E-state index in [1.165, 1.54) is 43.8 Å². The quantitative estimate of drug-likeness (QED) is 0.407. The number of Topliss-reactive ketones (excluding diaryl/α,β-unsaturated/α-hetero) is 1. The van der Waals surface area contributed by atoms with E-state index < -0.39 is 23.5 Å². The third-order valence-electron chi connectivity index (χ3n) is 4.76. The molecule has 1 aliphatic heterocycles. The molecule has 0 saturated carbocycles. The number of carbonyl (C=O) groups excluding carboxylic acids is 2. The van der Waals surface area contributed by atoms with Gasteiger partial charge in [0, 0.05) is 18.0 Å². The van der Waals surface area contributed by atoms with E-state index in [0.717, 1.165) is 4.90 Å². The number of carbonyl (C=O) groups is 2. The zero-order chi connectivity index (χ0) is 21.3. The Morgan fingerprint density at radius 1 is 1.03 bits per heavy atom. The van der Waals surface area contributed by atoms with Gasteiger partial charge in [-0.05, 0) is 48.0 Å². The van der Waals surface area contributed by atoms with Crippen LogP contribution in [0.3, 0.4) is 0 Å². The van der Waals surface area contributed by atoms with Crippen molar-refractivity contribution in [3.8, 4) is 5.75 Å². The Labute approximate surface area is 171 Å². The summed E-state index contributed by atoms with van der Waals surface area (Å²) >= 11 is 0. The summed E-state index contributed by atoms with van der Waals surface area (Å²) in [5, 5.41) is 10.9. The van der Waals surface area contributed by atoms with Gasteiger partial charge in [-0.2, -0.15) is 0 Å². The fraction of sp³-hybridized carbons (Fsp3) is 0.0909. The average Bonchev–Trinajstić information content (AvgIpc) is 3.05. The number of amides is 1. The molecular weight excluding hydrogens is 389 g/mol. The van der Waals surface area contributed by atoms with E-state index in [1.54, 1.807) is 30.3 Å². The van der Waals surface area contributed by atoms with Crippen LogP contribution >= 0.6 is 0 Å². The molecule has 1 saturated heterocycles. The zero-order valence-corrected chi connectivity index (χ0v) is 15.8. The van der Waals surface area contributed by atoms with Crippen LogP contribution in [0.4, 0.5) is 10.3 Å². The fourth-order valence-electron chi connectivity index (χ4n) is 3.32. The van der Waals surface area contributed by atoms with Crippen molar-refractivity contribution in [2.75, 3.05) is 12.0 Å². The average molecular weight is 405 g/mol. The first kappa shape index (κ1) is 19.3. The maximum Gasteiger partial charge on any atom is 0.302 e. The fourth-order valence-corrected chi connectivity index (χ4v) is 3.32. The first-order valence-electron chi connectivity index (χ1n) is 8.99. The molecule has 1 N–H and O–H groups in total. The highest BCUT2D eigenvalue weighted by Gasteiger charge is 2.48. The highest BCUT2D eigenvalue weighted by atomic mass is 19.1. The third-order valence-corrected chi connectivity index (χ3v) is 4.76. The topological polar surface area (TPSA) is 92.6 Å². The Morgan fingerprint density at radius 3 is 2.27 bits per heavy atom. The zero-order valence-electron chi connectivity index (χ0n) is 15.8. The number of halogens is 1. The van der Waals surface area contributed by atoms with E-state index in [4.69, 9.17) is 4.74 Å². The van der Waals surface area contributed by atoms with Crippen LogP contribution in [0.5, 0.6) is 5.75 Å². The van der Waals surface area contributed by atoms with Crippen molar-refractivity contribution in [2.24, 2.45) is 0 Å². The highest BCUT2D eigenvalue weighted by Crippen LogP contribution is 2.41. The largest absolute Gasteiger partial charge is 0.507 e.